The van der Waals surface area contributed by atoms with E-state index in [1.165, 1.54) is 4.90 Å². The van der Waals surface area contributed by atoms with Crippen LogP contribution in [-0.4, -0.2) is 35.0 Å². The van der Waals surface area contributed by atoms with Crippen molar-refractivity contribution in [3.63, 3.8) is 0 Å². The average molecular weight is 480 g/mol. The Labute approximate surface area is 202 Å². The van der Waals surface area contributed by atoms with Crippen LogP contribution >= 0.6 is 23.8 Å². The number of nitrogens with zero attached hydrogens (tertiary/aromatic N) is 2. The minimum atomic E-state index is -0.741. The van der Waals surface area contributed by atoms with Crippen molar-refractivity contribution in [2.45, 2.75) is 19.0 Å². The fourth-order valence-corrected chi connectivity index (χ4v) is 4.28. The monoisotopic (exact) mass is 479 g/mol. The van der Waals surface area contributed by atoms with Crippen LogP contribution in [0.25, 0.3) is 0 Å². The Morgan fingerprint density at radius 3 is 2.45 bits per heavy atom. The summed E-state index contributed by atoms with van der Waals surface area (Å²) in [7, 11) is 1.58. The Hall–Kier alpha value is -3.42. The number of carbonyl (C=O) groups is 2. The molecular formula is C25H22ClN3O3S. The lowest BCUT2D eigenvalue weighted by Crippen LogP contribution is -2.37. The summed E-state index contributed by atoms with van der Waals surface area (Å²) in [4.78, 5) is 29.6. The van der Waals surface area contributed by atoms with E-state index in [0.29, 0.717) is 33.8 Å². The summed E-state index contributed by atoms with van der Waals surface area (Å²) in [6.45, 7) is 0.406. The smallest absolute Gasteiger partial charge is 0.256 e. The van der Waals surface area contributed by atoms with Gasteiger partial charge < -0.3 is 15.0 Å². The standard InChI is InChI=1S/C25H22ClN3O3S/c1-32-21-12-10-19(11-13-21)27-23(30)15-22-24(31)29(20-9-5-8-18(26)14-20)25(33)28(22)16-17-6-3-2-4-7-17/h2-14,22H,15-16H2,1H3,(H,27,30). The first-order valence-corrected chi connectivity index (χ1v) is 11.1. The van der Waals surface area contributed by atoms with Gasteiger partial charge in [0.1, 0.15) is 11.8 Å². The molecule has 2 amide bonds. The predicted octanol–water partition coefficient (Wildman–Crippen LogP) is 4.88. The van der Waals surface area contributed by atoms with E-state index in [1.54, 1.807) is 60.5 Å². The number of carbonyl (C=O) groups excluding carboxylic acids is 2. The van der Waals surface area contributed by atoms with E-state index < -0.39 is 6.04 Å². The second kappa shape index (κ2) is 10.0. The van der Waals surface area contributed by atoms with E-state index in [2.05, 4.69) is 5.32 Å². The van der Waals surface area contributed by atoms with Crippen molar-refractivity contribution in [3.05, 3.63) is 89.4 Å². The van der Waals surface area contributed by atoms with Crippen molar-refractivity contribution in [3.8, 4) is 5.75 Å². The maximum absolute atomic E-state index is 13.5. The van der Waals surface area contributed by atoms with Crippen molar-refractivity contribution in [2.75, 3.05) is 17.3 Å². The van der Waals surface area contributed by atoms with Crippen LogP contribution in [-0.2, 0) is 16.1 Å². The Morgan fingerprint density at radius 2 is 1.79 bits per heavy atom. The number of thiocarbonyl (C=S) groups is 1. The van der Waals surface area contributed by atoms with Gasteiger partial charge in [-0.05, 0) is 60.2 Å². The van der Waals surface area contributed by atoms with Crippen LogP contribution in [0.4, 0.5) is 11.4 Å². The quantitative estimate of drug-likeness (QED) is 0.489. The second-order valence-corrected chi connectivity index (χ2v) is 8.35. The molecule has 1 unspecified atom stereocenters. The average Bonchev–Trinajstić information content (AvgIpc) is 3.04. The van der Waals surface area contributed by atoms with Gasteiger partial charge in [0.2, 0.25) is 5.91 Å². The minimum absolute atomic E-state index is 0.0467. The summed E-state index contributed by atoms with van der Waals surface area (Å²) in [5.74, 6) is 0.144. The van der Waals surface area contributed by atoms with E-state index in [4.69, 9.17) is 28.6 Å². The van der Waals surface area contributed by atoms with Crippen molar-refractivity contribution in [1.29, 1.82) is 0 Å². The number of rotatable bonds is 7. The molecule has 0 aliphatic carbocycles. The van der Waals surface area contributed by atoms with E-state index >= 15 is 0 Å². The zero-order valence-corrected chi connectivity index (χ0v) is 19.5. The van der Waals surface area contributed by atoms with Gasteiger partial charge in [-0.25, -0.2) is 0 Å². The molecule has 1 fully saturated rings. The summed E-state index contributed by atoms with van der Waals surface area (Å²) in [6.07, 6.45) is -0.0467. The molecule has 1 heterocycles. The number of benzene rings is 3. The summed E-state index contributed by atoms with van der Waals surface area (Å²) in [5.41, 5.74) is 2.19. The van der Waals surface area contributed by atoms with Gasteiger partial charge in [0.25, 0.3) is 5.91 Å². The van der Waals surface area contributed by atoms with Gasteiger partial charge >= 0.3 is 0 Å². The van der Waals surface area contributed by atoms with Crippen LogP contribution in [0.1, 0.15) is 12.0 Å². The molecule has 1 aliphatic rings. The number of hydrogen-bond donors (Lipinski definition) is 1. The highest BCUT2D eigenvalue weighted by molar-refractivity contribution is 7.80. The summed E-state index contributed by atoms with van der Waals surface area (Å²) in [6, 6.07) is 22.9. The largest absolute Gasteiger partial charge is 0.497 e. The number of ether oxygens (including phenoxy) is 1. The minimum Gasteiger partial charge on any atom is -0.497 e. The molecule has 1 atom stereocenters. The molecule has 168 valence electrons. The molecule has 0 radical (unpaired) electrons. The van der Waals surface area contributed by atoms with E-state index in [-0.39, 0.29) is 18.2 Å². The fourth-order valence-electron chi connectivity index (χ4n) is 3.71. The summed E-state index contributed by atoms with van der Waals surface area (Å²) < 4.78 is 5.15. The Kier molecular flexibility index (Phi) is 6.91. The zero-order valence-electron chi connectivity index (χ0n) is 17.9. The first-order valence-electron chi connectivity index (χ1n) is 10.3. The summed E-state index contributed by atoms with van der Waals surface area (Å²) >= 11 is 11.8. The van der Waals surface area contributed by atoms with Crippen LogP contribution in [0.3, 0.4) is 0 Å². The molecule has 1 aliphatic heterocycles. The molecule has 33 heavy (non-hydrogen) atoms. The lowest BCUT2D eigenvalue weighted by molar-refractivity contribution is -0.124. The van der Waals surface area contributed by atoms with Crippen molar-refractivity contribution in [1.82, 2.24) is 4.90 Å². The molecule has 0 bridgehead atoms. The third-order valence-electron chi connectivity index (χ3n) is 5.33. The molecule has 0 aromatic heterocycles. The van der Waals surface area contributed by atoms with Crippen molar-refractivity contribution >= 4 is 52.1 Å². The maximum Gasteiger partial charge on any atom is 0.256 e. The van der Waals surface area contributed by atoms with Crippen molar-refractivity contribution in [2.24, 2.45) is 0 Å². The van der Waals surface area contributed by atoms with E-state index in [9.17, 15) is 9.59 Å². The Morgan fingerprint density at radius 1 is 1.06 bits per heavy atom. The molecule has 8 heteroatoms. The number of methoxy groups -OCH3 is 1. The SMILES string of the molecule is COc1ccc(NC(=O)CC2C(=O)N(c3cccc(Cl)c3)C(=S)N2Cc2ccccc2)cc1. The third-order valence-corrected chi connectivity index (χ3v) is 5.99. The summed E-state index contributed by atoms with van der Waals surface area (Å²) in [5, 5.41) is 3.69. The maximum atomic E-state index is 13.5. The zero-order chi connectivity index (χ0) is 23.4. The molecule has 0 spiro atoms. The van der Waals surface area contributed by atoms with Crippen LogP contribution in [0.5, 0.6) is 5.75 Å². The fraction of sp³-hybridized carbons (Fsp3) is 0.160. The Bertz CT molecular complexity index is 1170. The molecule has 4 rings (SSSR count). The first kappa shape index (κ1) is 22.8. The van der Waals surface area contributed by atoms with Crippen LogP contribution in [0, 0.1) is 0 Å². The van der Waals surface area contributed by atoms with Gasteiger partial charge in [0.15, 0.2) is 5.11 Å². The normalized spacial score (nSPS) is 15.6. The number of halogens is 1. The molecule has 1 saturated heterocycles. The number of amides is 2. The molecular weight excluding hydrogens is 458 g/mol. The molecule has 0 saturated carbocycles. The molecule has 3 aromatic carbocycles. The van der Waals surface area contributed by atoms with Gasteiger partial charge in [0, 0.05) is 17.3 Å². The van der Waals surface area contributed by atoms with Crippen LogP contribution in [0.15, 0.2) is 78.9 Å². The lowest BCUT2D eigenvalue weighted by Gasteiger charge is -2.24. The Balaban J connectivity index is 1.58. The van der Waals surface area contributed by atoms with Gasteiger partial charge in [-0.3, -0.25) is 14.5 Å². The van der Waals surface area contributed by atoms with E-state index in [1.807, 2.05) is 30.3 Å². The number of anilines is 2. The van der Waals surface area contributed by atoms with Gasteiger partial charge in [-0.1, -0.05) is 48.0 Å². The highest BCUT2D eigenvalue weighted by Crippen LogP contribution is 2.30. The van der Waals surface area contributed by atoms with Crippen molar-refractivity contribution < 1.29 is 14.3 Å². The topological polar surface area (TPSA) is 61.9 Å². The molecule has 3 aromatic rings. The first-order chi connectivity index (χ1) is 16.0. The molecule has 6 nitrogen and oxygen atoms in total. The number of hydrogen-bond acceptors (Lipinski definition) is 4. The third kappa shape index (κ3) is 5.16. The van der Waals surface area contributed by atoms with Crippen LogP contribution < -0.4 is 15.0 Å². The highest BCUT2D eigenvalue weighted by Gasteiger charge is 2.44. The number of nitrogens with one attached hydrogen (secondary N) is 1. The highest BCUT2D eigenvalue weighted by atomic mass is 35.5. The predicted molar refractivity (Wildman–Crippen MR) is 134 cm³/mol. The van der Waals surface area contributed by atoms with Gasteiger partial charge in [-0.15, -0.1) is 0 Å². The van der Waals surface area contributed by atoms with Gasteiger partial charge in [0.05, 0.1) is 19.2 Å². The molecule has 1 N–H and O–H groups in total. The van der Waals surface area contributed by atoms with Gasteiger partial charge in [-0.2, -0.15) is 0 Å². The lowest BCUT2D eigenvalue weighted by atomic mass is 10.1. The van der Waals surface area contributed by atoms with E-state index in [0.717, 1.165) is 5.56 Å². The van der Waals surface area contributed by atoms with Crippen LogP contribution in [0.2, 0.25) is 5.02 Å². The second-order valence-electron chi connectivity index (χ2n) is 7.55.